The molecule has 1 amide bonds. The van der Waals surface area contributed by atoms with E-state index in [4.69, 9.17) is 16.3 Å². The summed E-state index contributed by atoms with van der Waals surface area (Å²) in [6.07, 6.45) is 2.01. The van der Waals surface area contributed by atoms with Crippen LogP contribution in [0, 0.1) is 6.92 Å². The highest BCUT2D eigenvalue weighted by atomic mass is 35.5. The van der Waals surface area contributed by atoms with Crippen molar-refractivity contribution in [2.24, 2.45) is 4.99 Å². The number of hydrogen-bond acceptors (Lipinski definition) is 4. The van der Waals surface area contributed by atoms with Gasteiger partial charge in [-0.3, -0.25) is 4.79 Å². The molecule has 2 aromatic carbocycles. The van der Waals surface area contributed by atoms with E-state index >= 15 is 0 Å². The molecule has 0 aliphatic heterocycles. The molecule has 0 aliphatic rings. The van der Waals surface area contributed by atoms with Gasteiger partial charge in [-0.2, -0.15) is 4.99 Å². The molecule has 0 N–H and O–H groups in total. The van der Waals surface area contributed by atoms with E-state index in [1.165, 1.54) is 11.3 Å². The number of thioether (sulfide) groups is 1. The van der Waals surface area contributed by atoms with Crippen molar-refractivity contribution < 1.29 is 9.53 Å². The second-order valence-electron chi connectivity index (χ2n) is 5.92. The number of fused-ring (bicyclic) bond motifs is 1. The van der Waals surface area contributed by atoms with Crippen LogP contribution in [-0.4, -0.2) is 29.9 Å². The molecule has 142 valence electrons. The molecule has 3 aromatic rings. The Labute approximate surface area is 171 Å². The van der Waals surface area contributed by atoms with Crippen LogP contribution >= 0.6 is 34.7 Å². The van der Waals surface area contributed by atoms with Crippen molar-refractivity contribution in [1.82, 2.24) is 4.57 Å². The van der Waals surface area contributed by atoms with Crippen molar-refractivity contribution in [3.63, 3.8) is 0 Å². The lowest BCUT2D eigenvalue weighted by molar-refractivity contribution is 0.0996. The summed E-state index contributed by atoms with van der Waals surface area (Å²) in [6.45, 7) is 5.82. The van der Waals surface area contributed by atoms with Crippen LogP contribution in [0.1, 0.15) is 22.8 Å². The Hall–Kier alpha value is -1.60. The number of ether oxygens (including phenoxy) is 1. The van der Waals surface area contributed by atoms with Crippen LogP contribution in [0.5, 0.6) is 0 Å². The monoisotopic (exact) mass is 420 g/mol. The van der Waals surface area contributed by atoms with E-state index in [1.54, 1.807) is 11.8 Å². The molecule has 1 heterocycles. The zero-order chi connectivity index (χ0) is 19.4. The van der Waals surface area contributed by atoms with E-state index in [2.05, 4.69) is 4.99 Å². The Bertz CT molecular complexity index is 1020. The second kappa shape index (κ2) is 9.06. The minimum Gasteiger partial charge on any atom is -0.380 e. The normalized spacial score (nSPS) is 12.1. The van der Waals surface area contributed by atoms with Crippen molar-refractivity contribution in [1.29, 1.82) is 0 Å². The van der Waals surface area contributed by atoms with Crippen LogP contribution in [0.2, 0.25) is 5.02 Å². The summed E-state index contributed by atoms with van der Waals surface area (Å²) in [5.74, 6) is -0.256. The first kappa shape index (κ1) is 20.1. The van der Waals surface area contributed by atoms with E-state index in [9.17, 15) is 4.79 Å². The fourth-order valence-electron chi connectivity index (χ4n) is 2.80. The summed E-state index contributed by atoms with van der Waals surface area (Å²) in [5.41, 5.74) is 2.68. The lowest BCUT2D eigenvalue weighted by atomic mass is 10.2. The van der Waals surface area contributed by atoms with Gasteiger partial charge in [-0.05, 0) is 56.0 Å². The first-order chi connectivity index (χ1) is 13.0. The van der Waals surface area contributed by atoms with E-state index in [-0.39, 0.29) is 5.91 Å². The van der Waals surface area contributed by atoms with Crippen LogP contribution in [-0.2, 0) is 11.3 Å². The smallest absolute Gasteiger partial charge is 0.279 e. The fourth-order valence-corrected chi connectivity index (χ4v) is 4.61. The van der Waals surface area contributed by atoms with Gasteiger partial charge < -0.3 is 9.30 Å². The fraction of sp³-hybridized carbons (Fsp3) is 0.300. The Morgan fingerprint density at radius 3 is 2.67 bits per heavy atom. The molecule has 1 aromatic heterocycles. The Balaban J connectivity index is 2.09. The molecular weight excluding hydrogens is 400 g/mol. The molecule has 0 aliphatic carbocycles. The topological polar surface area (TPSA) is 43.6 Å². The highest BCUT2D eigenvalue weighted by Gasteiger charge is 2.13. The van der Waals surface area contributed by atoms with Gasteiger partial charge in [-0.1, -0.05) is 29.0 Å². The molecule has 7 heteroatoms. The predicted molar refractivity (Wildman–Crippen MR) is 114 cm³/mol. The summed E-state index contributed by atoms with van der Waals surface area (Å²) < 4.78 is 8.49. The molecule has 0 radical (unpaired) electrons. The number of hydrogen-bond donors (Lipinski definition) is 0. The highest BCUT2D eigenvalue weighted by molar-refractivity contribution is 7.98. The minimum atomic E-state index is -0.256. The van der Waals surface area contributed by atoms with E-state index in [0.717, 1.165) is 20.7 Å². The molecule has 27 heavy (non-hydrogen) atoms. The number of carbonyl (C=O) groups is 1. The van der Waals surface area contributed by atoms with Gasteiger partial charge in [0, 0.05) is 23.6 Å². The summed E-state index contributed by atoms with van der Waals surface area (Å²) >= 11 is 9.48. The standard InChI is InChI=1S/C20H21ClN2O2S2/c1-4-25-12-11-23-17-13(2)5-10-16(21)18(17)27-20(23)22-19(24)14-6-8-15(26-3)9-7-14/h5-10H,4,11-12H2,1-3H3. The zero-order valence-corrected chi connectivity index (χ0v) is 17.9. The Morgan fingerprint density at radius 2 is 2.00 bits per heavy atom. The number of halogens is 1. The van der Waals surface area contributed by atoms with Gasteiger partial charge >= 0.3 is 0 Å². The molecule has 3 rings (SSSR count). The highest BCUT2D eigenvalue weighted by Crippen LogP contribution is 2.29. The van der Waals surface area contributed by atoms with Crippen molar-refractivity contribution in [2.75, 3.05) is 19.5 Å². The van der Waals surface area contributed by atoms with Gasteiger partial charge in [-0.25, -0.2) is 0 Å². The van der Waals surface area contributed by atoms with Crippen LogP contribution < -0.4 is 4.80 Å². The average Bonchev–Trinajstić information content (AvgIpc) is 3.04. The molecule has 0 unspecified atom stereocenters. The van der Waals surface area contributed by atoms with Crippen molar-refractivity contribution in [3.8, 4) is 0 Å². The second-order valence-corrected chi connectivity index (χ2v) is 8.19. The molecule has 0 saturated carbocycles. The lowest BCUT2D eigenvalue weighted by Crippen LogP contribution is -2.20. The lowest BCUT2D eigenvalue weighted by Gasteiger charge is -2.07. The third kappa shape index (κ3) is 4.46. The van der Waals surface area contributed by atoms with Gasteiger partial charge in [0.15, 0.2) is 4.80 Å². The first-order valence-electron chi connectivity index (χ1n) is 8.64. The maximum absolute atomic E-state index is 12.7. The van der Waals surface area contributed by atoms with Crippen LogP contribution in [0.25, 0.3) is 10.2 Å². The zero-order valence-electron chi connectivity index (χ0n) is 15.5. The summed E-state index contributed by atoms with van der Waals surface area (Å²) in [6, 6.07) is 11.4. The van der Waals surface area contributed by atoms with Crippen molar-refractivity contribution in [2.45, 2.75) is 25.3 Å². The van der Waals surface area contributed by atoms with Gasteiger partial charge in [0.2, 0.25) is 0 Å². The largest absolute Gasteiger partial charge is 0.380 e. The number of nitrogens with zero attached hydrogens (tertiary/aromatic N) is 2. The predicted octanol–water partition coefficient (Wildman–Crippen LogP) is 5.16. The number of thiazole rings is 1. The maximum Gasteiger partial charge on any atom is 0.279 e. The number of aromatic nitrogens is 1. The summed E-state index contributed by atoms with van der Waals surface area (Å²) in [4.78, 5) is 18.9. The number of amides is 1. The molecule has 0 atom stereocenters. The molecule has 0 fully saturated rings. The van der Waals surface area contributed by atoms with Gasteiger partial charge in [0.1, 0.15) is 0 Å². The molecule has 0 spiro atoms. The summed E-state index contributed by atoms with van der Waals surface area (Å²) in [7, 11) is 0. The third-order valence-corrected chi connectivity index (χ3v) is 6.46. The maximum atomic E-state index is 12.7. The van der Waals surface area contributed by atoms with E-state index in [1.807, 2.05) is 61.1 Å². The summed E-state index contributed by atoms with van der Waals surface area (Å²) in [5, 5.41) is 0.670. The third-order valence-electron chi connectivity index (χ3n) is 4.18. The van der Waals surface area contributed by atoms with Gasteiger partial charge in [0.05, 0.1) is 21.8 Å². The van der Waals surface area contributed by atoms with Gasteiger partial charge in [-0.15, -0.1) is 11.8 Å². The van der Waals surface area contributed by atoms with Crippen LogP contribution in [0.3, 0.4) is 0 Å². The van der Waals surface area contributed by atoms with Gasteiger partial charge in [0.25, 0.3) is 5.91 Å². The number of benzene rings is 2. The molecular formula is C20H21ClN2O2S2. The Kier molecular flexibility index (Phi) is 6.76. The van der Waals surface area contributed by atoms with E-state index < -0.39 is 0 Å². The molecule has 0 saturated heterocycles. The van der Waals surface area contributed by atoms with Crippen molar-refractivity contribution in [3.05, 3.63) is 57.3 Å². The first-order valence-corrected chi connectivity index (χ1v) is 11.1. The minimum absolute atomic E-state index is 0.256. The average molecular weight is 421 g/mol. The van der Waals surface area contributed by atoms with E-state index in [0.29, 0.717) is 35.1 Å². The van der Waals surface area contributed by atoms with Crippen molar-refractivity contribution >= 4 is 50.8 Å². The SMILES string of the molecule is CCOCCn1c(=NC(=O)c2ccc(SC)cc2)sc2c(Cl)ccc(C)c21. The molecule has 4 nitrogen and oxygen atoms in total. The number of rotatable bonds is 6. The number of aryl methyl sites for hydroxylation is 1. The van der Waals surface area contributed by atoms with Crippen LogP contribution in [0.15, 0.2) is 46.3 Å². The number of carbonyl (C=O) groups excluding carboxylic acids is 1. The molecule has 0 bridgehead atoms. The van der Waals surface area contributed by atoms with Crippen LogP contribution in [0.4, 0.5) is 0 Å². The quantitative estimate of drug-likeness (QED) is 0.408. The Morgan fingerprint density at radius 1 is 1.26 bits per heavy atom.